The number of nitrogens with zero attached hydrogens (tertiary/aromatic N) is 4. The molecule has 37 heavy (non-hydrogen) atoms. The topological polar surface area (TPSA) is 102 Å². The number of anilines is 1. The largest absolute Gasteiger partial charge is 0.497 e. The Morgan fingerprint density at radius 2 is 1.81 bits per heavy atom. The van der Waals surface area contributed by atoms with Crippen LogP contribution in [0.4, 0.5) is 5.69 Å². The Labute approximate surface area is 219 Å². The van der Waals surface area contributed by atoms with Crippen LogP contribution in [0.1, 0.15) is 51.2 Å². The van der Waals surface area contributed by atoms with E-state index in [9.17, 15) is 9.90 Å². The molecule has 0 saturated carbocycles. The van der Waals surface area contributed by atoms with Crippen LogP contribution >= 0.6 is 11.3 Å². The number of thiophene rings is 1. The van der Waals surface area contributed by atoms with Crippen LogP contribution in [0.3, 0.4) is 0 Å². The van der Waals surface area contributed by atoms with E-state index in [1.807, 2.05) is 47.9 Å². The first-order chi connectivity index (χ1) is 17.9. The van der Waals surface area contributed by atoms with E-state index in [0.717, 1.165) is 57.6 Å². The van der Waals surface area contributed by atoms with Crippen molar-refractivity contribution in [2.45, 2.75) is 39.7 Å². The maximum Gasteiger partial charge on any atom is 0.306 e. The lowest BCUT2D eigenvalue weighted by Gasteiger charge is -2.12. The first-order valence-electron chi connectivity index (χ1n) is 12.1. The molecule has 2 aromatic heterocycles. The highest BCUT2D eigenvalue weighted by Crippen LogP contribution is 2.39. The smallest absolute Gasteiger partial charge is 0.306 e. The lowest BCUT2D eigenvalue weighted by molar-refractivity contribution is -0.137. The summed E-state index contributed by atoms with van der Waals surface area (Å²) in [5, 5.41) is 22.6. The fourth-order valence-corrected chi connectivity index (χ4v) is 5.79. The third-order valence-corrected chi connectivity index (χ3v) is 7.86. The van der Waals surface area contributed by atoms with Crippen LogP contribution in [0, 0.1) is 20.8 Å². The minimum absolute atomic E-state index is 0.153. The highest BCUT2D eigenvalue weighted by atomic mass is 32.1. The Hall–Kier alpha value is -3.98. The summed E-state index contributed by atoms with van der Waals surface area (Å²) in [5.74, 6) is 1.22. The van der Waals surface area contributed by atoms with Gasteiger partial charge in [-0.2, -0.15) is 0 Å². The van der Waals surface area contributed by atoms with Crippen molar-refractivity contribution in [2.75, 3.05) is 19.0 Å². The average molecular weight is 516 g/mol. The number of hydrogen-bond acceptors (Lipinski definition) is 7. The van der Waals surface area contributed by atoms with Gasteiger partial charge in [-0.05, 0) is 62.6 Å². The molecule has 1 aliphatic rings. The molecular formula is C28H29N5O3S. The number of aryl methyl sites for hydroxylation is 2. The Morgan fingerprint density at radius 3 is 2.49 bits per heavy atom. The summed E-state index contributed by atoms with van der Waals surface area (Å²) in [7, 11) is 1.67. The van der Waals surface area contributed by atoms with Crippen LogP contribution in [0.5, 0.6) is 5.75 Å². The van der Waals surface area contributed by atoms with Crippen molar-refractivity contribution in [1.82, 2.24) is 14.8 Å². The summed E-state index contributed by atoms with van der Waals surface area (Å²) >= 11 is 1.66. The molecule has 1 aliphatic heterocycles. The molecule has 4 aromatic rings. The fraction of sp³-hybridized carbons (Fsp3) is 0.286. The zero-order chi connectivity index (χ0) is 26.1. The minimum atomic E-state index is -0.921. The number of rotatable bonds is 8. The zero-order valence-electron chi connectivity index (χ0n) is 21.3. The number of methoxy groups -OCH3 is 1. The normalized spacial score (nSPS) is 14.4. The van der Waals surface area contributed by atoms with E-state index in [0.29, 0.717) is 5.82 Å². The number of hydrogen-bond donors (Lipinski definition) is 2. The van der Waals surface area contributed by atoms with E-state index in [2.05, 4.69) is 41.5 Å². The second-order valence-corrected chi connectivity index (χ2v) is 10.3. The van der Waals surface area contributed by atoms with Gasteiger partial charge in [0.15, 0.2) is 5.82 Å². The van der Waals surface area contributed by atoms with E-state index >= 15 is 0 Å². The standard InChI is InChI=1S/C28H29N5O3S/c1-16-17(2)37-28-25(16)26(30-23(15-24(34)35)27-32-31-18(3)33(27)28)20-7-9-21(10-8-20)29-14-13-19-5-11-22(36-4)12-6-19/h5-12,23,29H,13-15H2,1-4H3,(H,34,35)/t23-/m0/s1. The molecule has 0 aliphatic carbocycles. The summed E-state index contributed by atoms with van der Waals surface area (Å²) in [6.45, 7) is 6.87. The molecule has 1 atom stereocenters. The number of carbonyl (C=O) groups is 1. The Morgan fingerprint density at radius 1 is 1.08 bits per heavy atom. The van der Waals surface area contributed by atoms with Crippen LogP contribution in [0.15, 0.2) is 53.5 Å². The van der Waals surface area contributed by atoms with Crippen molar-refractivity contribution >= 4 is 28.7 Å². The minimum Gasteiger partial charge on any atom is -0.497 e. The van der Waals surface area contributed by atoms with Crippen molar-refractivity contribution in [3.05, 3.63) is 87.3 Å². The van der Waals surface area contributed by atoms with Crippen LogP contribution in [0.2, 0.25) is 0 Å². The van der Waals surface area contributed by atoms with E-state index in [4.69, 9.17) is 9.73 Å². The van der Waals surface area contributed by atoms with Gasteiger partial charge in [0.05, 0.1) is 19.2 Å². The summed E-state index contributed by atoms with van der Waals surface area (Å²) in [6, 6.07) is 15.6. The quantitative estimate of drug-likeness (QED) is 0.331. The third kappa shape index (κ3) is 4.86. The number of aliphatic imine (C=N–C) groups is 1. The number of carboxylic acids is 1. The summed E-state index contributed by atoms with van der Waals surface area (Å²) in [5.41, 5.74) is 6.13. The fourth-order valence-electron chi connectivity index (χ4n) is 4.58. The molecular weight excluding hydrogens is 486 g/mol. The van der Waals surface area contributed by atoms with Crippen molar-refractivity contribution in [3.8, 4) is 10.8 Å². The SMILES string of the molecule is COc1ccc(CCNc2ccc(C3=N[C@@H](CC(=O)O)c4nnc(C)n4-c4sc(C)c(C)c43)cc2)cc1. The molecule has 190 valence electrons. The molecule has 0 radical (unpaired) electrons. The molecule has 9 heteroatoms. The molecule has 0 spiro atoms. The van der Waals surface area contributed by atoms with E-state index < -0.39 is 12.0 Å². The summed E-state index contributed by atoms with van der Waals surface area (Å²) < 4.78 is 7.20. The highest BCUT2D eigenvalue weighted by molar-refractivity contribution is 7.15. The van der Waals surface area contributed by atoms with Crippen LogP contribution in [-0.2, 0) is 11.2 Å². The molecule has 3 heterocycles. The maximum atomic E-state index is 11.7. The van der Waals surface area contributed by atoms with Crippen LogP contribution < -0.4 is 10.1 Å². The monoisotopic (exact) mass is 515 g/mol. The van der Waals surface area contributed by atoms with Crippen molar-refractivity contribution in [1.29, 1.82) is 0 Å². The molecule has 2 N–H and O–H groups in total. The van der Waals surface area contributed by atoms with Gasteiger partial charge in [0, 0.05) is 28.2 Å². The first-order valence-corrected chi connectivity index (χ1v) is 13.0. The van der Waals surface area contributed by atoms with E-state index in [1.54, 1.807) is 18.4 Å². The van der Waals surface area contributed by atoms with Gasteiger partial charge in [-0.25, -0.2) is 0 Å². The van der Waals surface area contributed by atoms with Gasteiger partial charge in [-0.3, -0.25) is 14.4 Å². The first kappa shape index (κ1) is 24.7. The third-order valence-electron chi connectivity index (χ3n) is 6.67. The molecule has 0 bridgehead atoms. The van der Waals surface area contributed by atoms with Gasteiger partial charge < -0.3 is 15.2 Å². The van der Waals surface area contributed by atoms with Gasteiger partial charge in [-0.1, -0.05) is 24.3 Å². The van der Waals surface area contributed by atoms with E-state index in [-0.39, 0.29) is 6.42 Å². The molecule has 5 rings (SSSR count). The van der Waals surface area contributed by atoms with Gasteiger partial charge in [0.2, 0.25) is 0 Å². The van der Waals surface area contributed by atoms with Crippen molar-refractivity contribution in [3.63, 3.8) is 0 Å². The lowest BCUT2D eigenvalue weighted by atomic mass is 9.99. The molecule has 8 nitrogen and oxygen atoms in total. The number of aromatic nitrogens is 3. The Bertz CT molecular complexity index is 1470. The van der Waals surface area contributed by atoms with Gasteiger partial charge in [0.1, 0.15) is 22.6 Å². The van der Waals surface area contributed by atoms with Gasteiger partial charge in [0.25, 0.3) is 0 Å². The van der Waals surface area contributed by atoms with Crippen molar-refractivity contribution in [2.24, 2.45) is 4.99 Å². The van der Waals surface area contributed by atoms with E-state index in [1.165, 1.54) is 10.4 Å². The summed E-state index contributed by atoms with van der Waals surface area (Å²) in [4.78, 5) is 17.9. The maximum absolute atomic E-state index is 11.7. The number of benzene rings is 2. The Balaban J connectivity index is 1.43. The Kier molecular flexibility index (Phi) is 6.80. The molecule has 0 amide bonds. The summed E-state index contributed by atoms with van der Waals surface area (Å²) in [6.07, 6.45) is 0.741. The van der Waals surface area contributed by atoms with Gasteiger partial charge in [-0.15, -0.1) is 21.5 Å². The number of carboxylic acid groups (broad SMARTS) is 1. The lowest BCUT2D eigenvalue weighted by Crippen LogP contribution is -2.11. The second kappa shape index (κ2) is 10.2. The predicted molar refractivity (Wildman–Crippen MR) is 146 cm³/mol. The predicted octanol–water partition coefficient (Wildman–Crippen LogP) is 5.28. The molecule has 0 fully saturated rings. The number of fused-ring (bicyclic) bond motifs is 3. The number of ether oxygens (including phenoxy) is 1. The van der Waals surface area contributed by atoms with Crippen molar-refractivity contribution < 1.29 is 14.6 Å². The van der Waals surface area contributed by atoms with Crippen LogP contribution in [-0.4, -0.2) is 45.2 Å². The highest BCUT2D eigenvalue weighted by Gasteiger charge is 2.32. The molecule has 0 unspecified atom stereocenters. The van der Waals surface area contributed by atoms with Crippen LogP contribution in [0.25, 0.3) is 5.00 Å². The van der Waals surface area contributed by atoms with Gasteiger partial charge >= 0.3 is 5.97 Å². The number of aliphatic carboxylic acids is 1. The average Bonchev–Trinajstić information content (AvgIpc) is 3.37. The molecule has 0 saturated heterocycles. The molecule has 2 aromatic carbocycles. The zero-order valence-corrected chi connectivity index (χ0v) is 22.1. The second-order valence-electron chi connectivity index (χ2n) is 9.10. The number of nitrogens with one attached hydrogen (secondary N) is 1.